The molecule has 0 aliphatic carbocycles. The molecule has 112 valence electrons. The molecular weight excluding hydrogens is 307 g/mol. The quantitative estimate of drug-likeness (QED) is 0.797. The molecule has 2 N–H and O–H groups in total. The zero-order chi connectivity index (χ0) is 15.5. The van der Waals surface area contributed by atoms with Gasteiger partial charge < -0.3 is 10.00 Å². The molecule has 1 heterocycles. The number of aliphatic carboxylic acids is 1. The van der Waals surface area contributed by atoms with Gasteiger partial charge in [0.25, 0.3) is 0 Å². The highest BCUT2D eigenvalue weighted by molar-refractivity contribution is 7.60. The molecule has 1 aromatic carbocycles. The highest BCUT2D eigenvalue weighted by Crippen LogP contribution is 2.61. The van der Waals surface area contributed by atoms with Gasteiger partial charge in [-0.2, -0.15) is 11.3 Å². The molecule has 0 bridgehead atoms. The number of carboxylic acids is 1. The molecule has 0 saturated carbocycles. The third kappa shape index (κ3) is 2.82. The van der Waals surface area contributed by atoms with E-state index in [1.165, 1.54) is 11.3 Å². The summed E-state index contributed by atoms with van der Waals surface area (Å²) in [6, 6.07) is 10.2. The monoisotopic (exact) mass is 324 g/mol. The first-order chi connectivity index (χ1) is 9.94. The number of rotatable bonds is 6. The van der Waals surface area contributed by atoms with Crippen molar-refractivity contribution in [2.24, 2.45) is 0 Å². The van der Waals surface area contributed by atoms with Crippen molar-refractivity contribution in [2.45, 2.75) is 18.5 Å². The van der Waals surface area contributed by atoms with Crippen LogP contribution in [0.25, 0.3) is 0 Å². The highest BCUT2D eigenvalue weighted by atomic mass is 32.1. The Hall–Kier alpha value is -1.42. The molecule has 0 aliphatic heterocycles. The molecule has 2 atom stereocenters. The first-order valence-electron chi connectivity index (χ1n) is 6.56. The second kappa shape index (κ2) is 6.14. The molecule has 0 saturated heterocycles. The van der Waals surface area contributed by atoms with Crippen LogP contribution in [0.4, 0.5) is 0 Å². The van der Waals surface area contributed by atoms with E-state index in [2.05, 4.69) is 0 Å². The van der Waals surface area contributed by atoms with E-state index in [1.54, 1.807) is 43.3 Å². The Kier molecular flexibility index (Phi) is 4.67. The molecule has 6 heteroatoms. The Morgan fingerprint density at radius 1 is 1.29 bits per heavy atom. The van der Waals surface area contributed by atoms with E-state index in [-0.39, 0.29) is 12.6 Å². The number of carboxylic acid groups (broad SMARTS) is 1. The van der Waals surface area contributed by atoms with Gasteiger partial charge in [0.1, 0.15) is 0 Å². The summed E-state index contributed by atoms with van der Waals surface area (Å²) in [5.74, 6) is -1.26. The summed E-state index contributed by atoms with van der Waals surface area (Å²) in [4.78, 5) is 22.5. The Labute approximate surface area is 127 Å². The average Bonchev–Trinajstić information content (AvgIpc) is 2.98. The van der Waals surface area contributed by atoms with Gasteiger partial charge in [0, 0.05) is 12.6 Å². The van der Waals surface area contributed by atoms with Gasteiger partial charge in [-0.15, -0.1) is 0 Å². The first-order valence-corrected chi connectivity index (χ1v) is 9.34. The SMILES string of the molecule is CCP(=O)(O)C(Cc1ccsc1)(C(=O)O)c1ccccc1. The normalized spacial score (nSPS) is 16.9. The molecule has 1 aromatic heterocycles. The largest absolute Gasteiger partial charge is 0.480 e. The van der Waals surface area contributed by atoms with Crippen LogP contribution in [0, 0.1) is 0 Å². The Balaban J connectivity index is 2.66. The van der Waals surface area contributed by atoms with E-state index < -0.39 is 18.5 Å². The standard InChI is InChI=1S/C15H17O4PS/c1-2-20(18,19)15(14(16)17,10-12-8-9-21-11-12)13-6-4-3-5-7-13/h3-9,11H,2,10H2,1H3,(H,16,17)(H,18,19). The van der Waals surface area contributed by atoms with Crippen molar-refractivity contribution in [3.8, 4) is 0 Å². The lowest BCUT2D eigenvalue weighted by atomic mass is 9.92. The highest BCUT2D eigenvalue weighted by Gasteiger charge is 2.54. The lowest BCUT2D eigenvalue weighted by Gasteiger charge is -2.33. The molecule has 2 aromatic rings. The topological polar surface area (TPSA) is 74.6 Å². The van der Waals surface area contributed by atoms with E-state index in [9.17, 15) is 19.4 Å². The van der Waals surface area contributed by atoms with Crippen LogP contribution >= 0.6 is 18.7 Å². The van der Waals surface area contributed by atoms with Crippen molar-refractivity contribution in [3.63, 3.8) is 0 Å². The average molecular weight is 324 g/mol. The van der Waals surface area contributed by atoms with Crippen LogP contribution in [0.5, 0.6) is 0 Å². The van der Waals surface area contributed by atoms with Gasteiger partial charge in [-0.3, -0.25) is 9.36 Å². The maximum absolute atomic E-state index is 12.8. The van der Waals surface area contributed by atoms with Crippen molar-refractivity contribution in [2.75, 3.05) is 6.16 Å². The van der Waals surface area contributed by atoms with Gasteiger partial charge in [-0.05, 0) is 28.0 Å². The van der Waals surface area contributed by atoms with Crippen molar-refractivity contribution in [1.82, 2.24) is 0 Å². The number of thiophene rings is 1. The molecule has 2 rings (SSSR count). The van der Waals surface area contributed by atoms with Crippen LogP contribution in [0.15, 0.2) is 47.2 Å². The second-order valence-electron chi connectivity index (χ2n) is 4.86. The van der Waals surface area contributed by atoms with Crippen LogP contribution in [0.2, 0.25) is 0 Å². The molecule has 0 aliphatic rings. The smallest absolute Gasteiger partial charge is 0.324 e. The maximum atomic E-state index is 12.8. The minimum Gasteiger partial charge on any atom is -0.480 e. The summed E-state index contributed by atoms with van der Waals surface area (Å²) < 4.78 is 12.8. The summed E-state index contributed by atoms with van der Waals surface area (Å²) in [6.45, 7) is 1.55. The Morgan fingerprint density at radius 3 is 2.43 bits per heavy atom. The number of carbonyl (C=O) groups is 1. The van der Waals surface area contributed by atoms with E-state index in [4.69, 9.17) is 0 Å². The number of benzene rings is 1. The van der Waals surface area contributed by atoms with Crippen LogP contribution < -0.4 is 0 Å². The summed E-state index contributed by atoms with van der Waals surface area (Å²) in [7, 11) is -3.93. The predicted octanol–water partition coefficient (Wildman–Crippen LogP) is 3.56. The third-order valence-electron chi connectivity index (χ3n) is 3.67. The van der Waals surface area contributed by atoms with Crippen LogP contribution in [-0.2, 0) is 20.9 Å². The molecule has 2 unspecified atom stereocenters. The van der Waals surface area contributed by atoms with E-state index in [0.29, 0.717) is 5.56 Å². The zero-order valence-electron chi connectivity index (χ0n) is 11.6. The van der Waals surface area contributed by atoms with Crippen molar-refractivity contribution < 1.29 is 19.4 Å². The summed E-state index contributed by atoms with van der Waals surface area (Å²) >= 11 is 1.44. The van der Waals surface area contributed by atoms with Crippen LogP contribution in [0.3, 0.4) is 0 Å². The van der Waals surface area contributed by atoms with Crippen LogP contribution in [0.1, 0.15) is 18.1 Å². The predicted molar refractivity (Wildman–Crippen MR) is 84.1 cm³/mol. The minimum atomic E-state index is -3.93. The number of hydrogen-bond acceptors (Lipinski definition) is 3. The summed E-state index contributed by atoms with van der Waals surface area (Å²) in [5.41, 5.74) is 1.13. The Bertz CT molecular complexity index is 654. The van der Waals surface area contributed by atoms with Crippen molar-refractivity contribution in [1.29, 1.82) is 0 Å². The third-order valence-corrected chi connectivity index (χ3v) is 7.06. The first kappa shape index (κ1) is 16.0. The summed E-state index contributed by atoms with van der Waals surface area (Å²) in [5, 5.41) is 11.7. The molecule has 0 radical (unpaired) electrons. The lowest BCUT2D eigenvalue weighted by molar-refractivity contribution is -0.140. The van der Waals surface area contributed by atoms with Gasteiger partial charge in [-0.1, -0.05) is 37.3 Å². The van der Waals surface area contributed by atoms with E-state index >= 15 is 0 Å². The fraction of sp³-hybridized carbons (Fsp3) is 0.267. The van der Waals surface area contributed by atoms with Gasteiger partial charge in [0.05, 0.1) is 0 Å². The fourth-order valence-electron chi connectivity index (χ4n) is 2.45. The van der Waals surface area contributed by atoms with E-state index in [0.717, 1.165) is 5.56 Å². The lowest BCUT2D eigenvalue weighted by Crippen LogP contribution is -2.38. The molecule has 21 heavy (non-hydrogen) atoms. The van der Waals surface area contributed by atoms with Crippen molar-refractivity contribution >= 4 is 24.7 Å². The molecule has 0 spiro atoms. The van der Waals surface area contributed by atoms with Crippen LogP contribution in [-0.4, -0.2) is 22.1 Å². The summed E-state index contributed by atoms with van der Waals surface area (Å²) in [6.07, 6.45) is -0.0736. The Morgan fingerprint density at radius 2 is 1.95 bits per heavy atom. The molecule has 4 nitrogen and oxygen atoms in total. The van der Waals surface area contributed by atoms with Gasteiger partial charge in [0.2, 0.25) is 7.37 Å². The zero-order valence-corrected chi connectivity index (χ0v) is 13.3. The molecule has 0 amide bonds. The van der Waals surface area contributed by atoms with Gasteiger partial charge >= 0.3 is 5.97 Å². The van der Waals surface area contributed by atoms with Crippen molar-refractivity contribution in [3.05, 3.63) is 58.3 Å². The van der Waals surface area contributed by atoms with Gasteiger partial charge in [0.15, 0.2) is 5.16 Å². The fourth-order valence-corrected chi connectivity index (χ4v) is 4.94. The minimum absolute atomic E-state index is 0.0114. The maximum Gasteiger partial charge on any atom is 0.324 e. The molecule has 0 fully saturated rings. The molecular formula is C15H17O4PS. The van der Waals surface area contributed by atoms with E-state index in [1.807, 2.05) is 10.8 Å². The second-order valence-corrected chi connectivity index (χ2v) is 8.44. The number of hydrogen-bond donors (Lipinski definition) is 2. The van der Waals surface area contributed by atoms with Gasteiger partial charge in [-0.25, -0.2) is 0 Å².